The normalized spacial score (nSPS) is 17.9. The number of amides is 1. The van der Waals surface area contributed by atoms with Crippen molar-refractivity contribution in [1.82, 2.24) is 20.6 Å². The minimum Gasteiger partial charge on any atom is -0.361 e. The molecular weight excluding hydrogens is 384 g/mol. The molecule has 31 heavy (non-hydrogen) atoms. The van der Waals surface area contributed by atoms with Crippen LogP contribution in [0.5, 0.6) is 0 Å². The largest absolute Gasteiger partial charge is 0.361 e. The molecule has 1 atom stereocenters. The van der Waals surface area contributed by atoms with Crippen LogP contribution in [0.3, 0.4) is 0 Å². The molecule has 1 saturated carbocycles. The number of benzene rings is 1. The van der Waals surface area contributed by atoms with Gasteiger partial charge in [-0.05, 0) is 57.0 Å². The van der Waals surface area contributed by atoms with Crippen LogP contribution in [0, 0.1) is 6.92 Å². The van der Waals surface area contributed by atoms with E-state index in [0.717, 1.165) is 29.6 Å². The molecule has 1 aliphatic carbocycles. The van der Waals surface area contributed by atoms with Gasteiger partial charge in [0, 0.05) is 47.4 Å². The summed E-state index contributed by atoms with van der Waals surface area (Å²) in [6.07, 6.45) is 10.4. The molecule has 2 heterocycles. The predicted molar refractivity (Wildman–Crippen MR) is 126 cm³/mol. The van der Waals surface area contributed by atoms with E-state index >= 15 is 0 Å². The van der Waals surface area contributed by atoms with Gasteiger partial charge in [0.15, 0.2) is 0 Å². The molecular formula is C26H34N4O. The Bertz CT molecular complexity index is 1030. The summed E-state index contributed by atoms with van der Waals surface area (Å²) in [5.74, 6) is 0.0392. The highest BCUT2D eigenvalue weighted by molar-refractivity contribution is 5.88. The highest BCUT2D eigenvalue weighted by atomic mass is 16.2. The Balaban J connectivity index is 1.52. The first-order valence-electron chi connectivity index (χ1n) is 11.4. The molecule has 3 aromatic rings. The average Bonchev–Trinajstić information content (AvgIpc) is 3.21. The maximum absolute atomic E-state index is 13.4. The summed E-state index contributed by atoms with van der Waals surface area (Å²) in [4.78, 5) is 21.5. The predicted octanol–water partition coefficient (Wildman–Crippen LogP) is 4.41. The molecule has 3 N–H and O–H groups in total. The van der Waals surface area contributed by atoms with E-state index in [9.17, 15) is 4.79 Å². The maximum Gasteiger partial charge on any atom is 0.240 e. The molecule has 0 radical (unpaired) electrons. The number of carbonyl (C=O) groups excluding carboxylic acids is 1. The molecule has 1 fully saturated rings. The number of likely N-dealkylation sites (N-methyl/N-ethyl adjacent to an activating group) is 1. The second-order valence-corrected chi connectivity index (χ2v) is 9.36. The van der Waals surface area contributed by atoms with Gasteiger partial charge in [-0.25, -0.2) is 0 Å². The standard InChI is InChI=1S/C26H34N4O/c1-19-11-12-23(29-16-19)26(13-7-4-8-14-26)18-30-24(31)25(2,27-3)15-20-17-28-22-10-6-5-9-21(20)22/h5-6,9-12,16-17,27-28H,4,7-8,13-15,18H2,1-3H3,(H,30,31)/t25-/m1/s1. The van der Waals surface area contributed by atoms with Gasteiger partial charge in [-0.2, -0.15) is 0 Å². The number of nitrogens with one attached hydrogen (secondary N) is 3. The highest BCUT2D eigenvalue weighted by Crippen LogP contribution is 2.38. The van der Waals surface area contributed by atoms with Crippen LogP contribution >= 0.6 is 0 Å². The second kappa shape index (κ2) is 8.83. The first-order chi connectivity index (χ1) is 15.0. The lowest BCUT2D eigenvalue weighted by atomic mass is 9.71. The Labute approximate surface area is 185 Å². The number of hydrogen-bond donors (Lipinski definition) is 3. The molecule has 0 spiro atoms. The van der Waals surface area contributed by atoms with Crippen molar-refractivity contribution >= 4 is 16.8 Å². The smallest absolute Gasteiger partial charge is 0.240 e. The number of fused-ring (bicyclic) bond motifs is 1. The molecule has 0 unspecified atom stereocenters. The number of H-pyrrole nitrogens is 1. The van der Waals surface area contributed by atoms with E-state index in [2.05, 4.69) is 46.8 Å². The van der Waals surface area contributed by atoms with Gasteiger partial charge in [0.05, 0.1) is 5.54 Å². The molecule has 5 nitrogen and oxygen atoms in total. The molecule has 0 bridgehead atoms. The van der Waals surface area contributed by atoms with Gasteiger partial charge in [-0.15, -0.1) is 0 Å². The minimum atomic E-state index is -0.693. The van der Waals surface area contributed by atoms with E-state index in [1.807, 2.05) is 38.5 Å². The van der Waals surface area contributed by atoms with E-state index in [0.29, 0.717) is 13.0 Å². The molecule has 164 valence electrons. The van der Waals surface area contributed by atoms with Gasteiger partial charge in [0.1, 0.15) is 0 Å². The Morgan fingerprint density at radius 2 is 1.94 bits per heavy atom. The van der Waals surface area contributed by atoms with Gasteiger partial charge in [-0.1, -0.05) is 43.5 Å². The fourth-order valence-corrected chi connectivity index (χ4v) is 4.92. The fraction of sp³-hybridized carbons (Fsp3) is 0.462. The molecule has 0 aliphatic heterocycles. The first kappa shape index (κ1) is 21.6. The summed E-state index contributed by atoms with van der Waals surface area (Å²) < 4.78 is 0. The van der Waals surface area contributed by atoms with Crippen LogP contribution in [0.15, 0.2) is 48.8 Å². The Morgan fingerprint density at radius 1 is 1.16 bits per heavy atom. The van der Waals surface area contributed by atoms with Gasteiger partial charge < -0.3 is 15.6 Å². The topological polar surface area (TPSA) is 69.8 Å². The van der Waals surface area contributed by atoms with Crippen LogP contribution in [0.25, 0.3) is 10.9 Å². The van der Waals surface area contributed by atoms with Crippen molar-refractivity contribution in [2.45, 2.75) is 63.3 Å². The zero-order valence-corrected chi connectivity index (χ0v) is 18.9. The van der Waals surface area contributed by atoms with E-state index in [4.69, 9.17) is 4.98 Å². The summed E-state index contributed by atoms with van der Waals surface area (Å²) in [5, 5.41) is 7.76. The van der Waals surface area contributed by atoms with Crippen LogP contribution in [0.1, 0.15) is 55.8 Å². The van der Waals surface area contributed by atoms with E-state index in [1.165, 1.54) is 30.2 Å². The summed E-state index contributed by atoms with van der Waals surface area (Å²) in [7, 11) is 1.87. The number of rotatable bonds is 7. The van der Waals surface area contributed by atoms with Crippen LogP contribution < -0.4 is 10.6 Å². The molecule has 1 aliphatic rings. The van der Waals surface area contributed by atoms with Crippen LogP contribution in [-0.4, -0.2) is 35.0 Å². The SMILES string of the molecule is CN[C@](C)(Cc1c[nH]c2ccccc12)C(=O)NCC1(c2ccc(C)cn2)CCCCC1. The van der Waals surface area contributed by atoms with E-state index in [-0.39, 0.29) is 11.3 Å². The lowest BCUT2D eigenvalue weighted by Crippen LogP contribution is -2.57. The number of aromatic nitrogens is 2. The summed E-state index contributed by atoms with van der Waals surface area (Å²) in [6.45, 7) is 4.68. The quantitative estimate of drug-likeness (QED) is 0.532. The summed E-state index contributed by atoms with van der Waals surface area (Å²) in [6, 6.07) is 12.5. The number of carbonyl (C=O) groups is 1. The Hall–Kier alpha value is -2.66. The van der Waals surface area contributed by atoms with Crippen molar-refractivity contribution in [3.63, 3.8) is 0 Å². The number of aromatic amines is 1. The zero-order chi connectivity index (χ0) is 21.9. The van der Waals surface area contributed by atoms with Gasteiger partial charge >= 0.3 is 0 Å². The highest BCUT2D eigenvalue weighted by Gasteiger charge is 2.38. The van der Waals surface area contributed by atoms with Crippen molar-refractivity contribution in [3.8, 4) is 0 Å². The number of nitrogens with zero attached hydrogens (tertiary/aromatic N) is 1. The third-order valence-corrected chi connectivity index (χ3v) is 7.12. The molecule has 1 amide bonds. The monoisotopic (exact) mass is 418 g/mol. The fourth-order valence-electron chi connectivity index (χ4n) is 4.92. The van der Waals surface area contributed by atoms with Crippen molar-refractivity contribution in [2.75, 3.05) is 13.6 Å². The minimum absolute atomic E-state index is 0.0392. The van der Waals surface area contributed by atoms with Crippen molar-refractivity contribution in [1.29, 1.82) is 0 Å². The molecule has 2 aromatic heterocycles. The number of aryl methyl sites for hydroxylation is 1. The summed E-state index contributed by atoms with van der Waals surface area (Å²) >= 11 is 0. The van der Waals surface area contributed by atoms with Gasteiger partial charge in [0.2, 0.25) is 5.91 Å². The lowest BCUT2D eigenvalue weighted by molar-refractivity contribution is -0.127. The number of para-hydroxylation sites is 1. The Kier molecular flexibility index (Phi) is 6.15. The average molecular weight is 419 g/mol. The lowest BCUT2D eigenvalue weighted by Gasteiger charge is -2.38. The molecule has 4 rings (SSSR count). The van der Waals surface area contributed by atoms with Gasteiger partial charge in [0.25, 0.3) is 0 Å². The Morgan fingerprint density at radius 3 is 2.65 bits per heavy atom. The third-order valence-electron chi connectivity index (χ3n) is 7.12. The molecule has 0 saturated heterocycles. The first-order valence-corrected chi connectivity index (χ1v) is 11.4. The van der Waals surface area contributed by atoms with Crippen LogP contribution in [0.2, 0.25) is 0 Å². The molecule has 5 heteroatoms. The van der Waals surface area contributed by atoms with E-state index < -0.39 is 5.54 Å². The van der Waals surface area contributed by atoms with Crippen LogP contribution in [-0.2, 0) is 16.6 Å². The van der Waals surface area contributed by atoms with Crippen molar-refractivity contribution < 1.29 is 4.79 Å². The zero-order valence-electron chi connectivity index (χ0n) is 18.9. The van der Waals surface area contributed by atoms with Crippen LogP contribution in [0.4, 0.5) is 0 Å². The van der Waals surface area contributed by atoms with Gasteiger partial charge in [-0.3, -0.25) is 9.78 Å². The summed E-state index contributed by atoms with van der Waals surface area (Å²) in [5.41, 5.74) is 3.76. The van der Waals surface area contributed by atoms with Crippen molar-refractivity contribution in [2.24, 2.45) is 0 Å². The molecule has 1 aromatic carbocycles. The second-order valence-electron chi connectivity index (χ2n) is 9.36. The number of pyridine rings is 1. The van der Waals surface area contributed by atoms with E-state index in [1.54, 1.807) is 0 Å². The maximum atomic E-state index is 13.4. The number of hydrogen-bond acceptors (Lipinski definition) is 3. The third kappa shape index (κ3) is 4.38. The van der Waals surface area contributed by atoms with Crippen molar-refractivity contribution in [3.05, 3.63) is 65.6 Å².